The van der Waals surface area contributed by atoms with Crippen LogP contribution in [0.5, 0.6) is 0 Å². The molecule has 0 amide bonds. The Hall–Kier alpha value is -1.18. The highest BCUT2D eigenvalue weighted by molar-refractivity contribution is 5.99. The van der Waals surface area contributed by atoms with E-state index in [0.29, 0.717) is 5.78 Å². The second-order valence-electron chi connectivity index (χ2n) is 5.01. The van der Waals surface area contributed by atoms with Gasteiger partial charge in [0.2, 0.25) is 0 Å². The zero-order chi connectivity index (χ0) is 11.5. The van der Waals surface area contributed by atoms with E-state index in [2.05, 4.69) is 11.9 Å². The van der Waals surface area contributed by atoms with Crippen molar-refractivity contribution in [3.05, 3.63) is 29.6 Å². The molecular formula is C14H19NO. The van der Waals surface area contributed by atoms with Crippen molar-refractivity contribution in [1.82, 2.24) is 4.98 Å². The zero-order valence-electron chi connectivity index (χ0n) is 10.1. The summed E-state index contributed by atoms with van der Waals surface area (Å²) >= 11 is 0. The summed E-state index contributed by atoms with van der Waals surface area (Å²) in [6, 6.07) is 1.86. The Labute approximate surface area is 97.1 Å². The molecule has 1 fully saturated rings. The molecule has 1 aromatic heterocycles. The molecule has 0 aliphatic heterocycles. The Morgan fingerprint density at radius 1 is 1.31 bits per heavy atom. The molecule has 0 saturated heterocycles. The second kappa shape index (κ2) is 4.77. The highest BCUT2D eigenvalue weighted by atomic mass is 16.1. The van der Waals surface area contributed by atoms with Crippen LogP contribution in [0, 0.1) is 18.8 Å². The van der Waals surface area contributed by atoms with Crippen LogP contribution in [0.3, 0.4) is 0 Å². The first-order valence-electron chi connectivity index (χ1n) is 6.13. The summed E-state index contributed by atoms with van der Waals surface area (Å²) in [6.45, 7) is 4.24. The number of rotatable bonds is 2. The van der Waals surface area contributed by atoms with Gasteiger partial charge in [-0.05, 0) is 37.3 Å². The molecule has 0 spiro atoms. The predicted octanol–water partition coefficient (Wildman–Crippen LogP) is 3.40. The van der Waals surface area contributed by atoms with Crippen molar-refractivity contribution < 1.29 is 4.79 Å². The van der Waals surface area contributed by atoms with Gasteiger partial charge in [0.1, 0.15) is 0 Å². The lowest BCUT2D eigenvalue weighted by atomic mass is 9.79. The molecule has 0 atom stereocenters. The van der Waals surface area contributed by atoms with Gasteiger partial charge in [-0.1, -0.05) is 19.8 Å². The summed E-state index contributed by atoms with van der Waals surface area (Å²) in [5.41, 5.74) is 1.88. The first-order chi connectivity index (χ1) is 7.68. The lowest BCUT2D eigenvalue weighted by Crippen LogP contribution is -2.21. The van der Waals surface area contributed by atoms with Crippen LogP contribution >= 0.6 is 0 Å². The number of pyridine rings is 1. The van der Waals surface area contributed by atoms with Crippen molar-refractivity contribution in [1.29, 1.82) is 0 Å². The SMILES string of the molecule is Cc1cnccc1C(=O)C1CCC(C)CC1. The van der Waals surface area contributed by atoms with E-state index in [1.165, 1.54) is 12.8 Å². The zero-order valence-corrected chi connectivity index (χ0v) is 10.1. The number of aryl methyl sites for hydroxylation is 1. The summed E-state index contributed by atoms with van der Waals surface area (Å²) in [6.07, 6.45) is 8.00. The van der Waals surface area contributed by atoms with Crippen LogP contribution in [-0.4, -0.2) is 10.8 Å². The van der Waals surface area contributed by atoms with Gasteiger partial charge in [0.15, 0.2) is 5.78 Å². The monoisotopic (exact) mass is 217 g/mol. The van der Waals surface area contributed by atoms with Crippen LogP contribution in [0.15, 0.2) is 18.5 Å². The maximum absolute atomic E-state index is 12.3. The molecule has 16 heavy (non-hydrogen) atoms. The normalized spacial score (nSPS) is 25.4. The molecule has 0 aromatic carbocycles. The minimum absolute atomic E-state index is 0.247. The number of hydrogen-bond acceptors (Lipinski definition) is 2. The van der Waals surface area contributed by atoms with E-state index in [4.69, 9.17) is 0 Å². The van der Waals surface area contributed by atoms with Gasteiger partial charge in [0.05, 0.1) is 0 Å². The lowest BCUT2D eigenvalue weighted by Gasteiger charge is -2.25. The van der Waals surface area contributed by atoms with E-state index in [1.54, 1.807) is 12.4 Å². The standard InChI is InChI=1S/C14H19NO/c1-10-3-5-12(6-4-10)14(16)13-7-8-15-9-11(13)2/h7-10,12H,3-6H2,1-2H3. The Morgan fingerprint density at radius 3 is 2.62 bits per heavy atom. The van der Waals surface area contributed by atoms with Gasteiger partial charge in [-0.3, -0.25) is 9.78 Å². The van der Waals surface area contributed by atoms with Crippen molar-refractivity contribution in [2.45, 2.75) is 39.5 Å². The van der Waals surface area contributed by atoms with Gasteiger partial charge in [0.25, 0.3) is 0 Å². The van der Waals surface area contributed by atoms with E-state index in [0.717, 1.165) is 29.9 Å². The molecule has 1 saturated carbocycles. The molecule has 1 aromatic rings. The Bertz CT molecular complexity index is 378. The van der Waals surface area contributed by atoms with Crippen molar-refractivity contribution in [3.8, 4) is 0 Å². The minimum Gasteiger partial charge on any atom is -0.294 e. The molecule has 1 aliphatic carbocycles. The van der Waals surface area contributed by atoms with Crippen LogP contribution in [-0.2, 0) is 0 Å². The highest BCUT2D eigenvalue weighted by Crippen LogP contribution is 2.30. The molecule has 2 nitrogen and oxygen atoms in total. The van der Waals surface area contributed by atoms with Crippen molar-refractivity contribution in [2.75, 3.05) is 0 Å². The second-order valence-corrected chi connectivity index (χ2v) is 5.01. The quantitative estimate of drug-likeness (QED) is 0.711. The summed E-state index contributed by atoms with van der Waals surface area (Å²) in [5.74, 6) is 1.37. The van der Waals surface area contributed by atoms with E-state index < -0.39 is 0 Å². The fourth-order valence-corrected chi connectivity index (χ4v) is 2.49. The van der Waals surface area contributed by atoms with Crippen molar-refractivity contribution in [2.24, 2.45) is 11.8 Å². The van der Waals surface area contributed by atoms with Crippen molar-refractivity contribution >= 4 is 5.78 Å². The molecule has 2 rings (SSSR count). The average molecular weight is 217 g/mol. The highest BCUT2D eigenvalue weighted by Gasteiger charge is 2.25. The van der Waals surface area contributed by atoms with Crippen LogP contribution in [0.2, 0.25) is 0 Å². The Kier molecular flexibility index (Phi) is 3.37. The summed E-state index contributed by atoms with van der Waals surface area (Å²) in [5, 5.41) is 0. The third-order valence-corrected chi connectivity index (χ3v) is 3.67. The number of nitrogens with zero attached hydrogens (tertiary/aromatic N) is 1. The fraction of sp³-hybridized carbons (Fsp3) is 0.571. The first kappa shape index (κ1) is 11.3. The topological polar surface area (TPSA) is 30.0 Å². The van der Waals surface area contributed by atoms with Gasteiger partial charge in [-0.2, -0.15) is 0 Å². The van der Waals surface area contributed by atoms with E-state index in [9.17, 15) is 4.79 Å². The van der Waals surface area contributed by atoms with E-state index in [1.807, 2.05) is 13.0 Å². The smallest absolute Gasteiger partial charge is 0.166 e. The maximum atomic E-state index is 12.3. The number of hydrogen-bond donors (Lipinski definition) is 0. The summed E-state index contributed by atoms with van der Waals surface area (Å²) in [7, 11) is 0. The summed E-state index contributed by atoms with van der Waals surface area (Å²) in [4.78, 5) is 16.3. The molecule has 2 heteroatoms. The minimum atomic E-state index is 0.247. The van der Waals surface area contributed by atoms with Gasteiger partial charge in [0, 0.05) is 23.9 Å². The van der Waals surface area contributed by atoms with Crippen LogP contribution in [0.1, 0.15) is 48.5 Å². The van der Waals surface area contributed by atoms with Gasteiger partial charge in [-0.25, -0.2) is 0 Å². The third kappa shape index (κ3) is 2.31. The Morgan fingerprint density at radius 2 is 2.00 bits per heavy atom. The number of ketones is 1. The molecule has 0 N–H and O–H groups in total. The van der Waals surface area contributed by atoms with Crippen LogP contribution < -0.4 is 0 Å². The Balaban J connectivity index is 2.11. The first-order valence-corrected chi connectivity index (χ1v) is 6.13. The molecule has 0 bridgehead atoms. The van der Waals surface area contributed by atoms with Crippen LogP contribution in [0.25, 0.3) is 0 Å². The van der Waals surface area contributed by atoms with Gasteiger partial charge < -0.3 is 0 Å². The van der Waals surface area contributed by atoms with Crippen LogP contribution in [0.4, 0.5) is 0 Å². The molecule has 1 heterocycles. The molecule has 1 aliphatic rings. The number of carbonyl (C=O) groups is 1. The van der Waals surface area contributed by atoms with E-state index >= 15 is 0 Å². The number of Topliss-reactive ketones (excluding diaryl/α,β-unsaturated/α-hetero) is 1. The molecular weight excluding hydrogens is 198 g/mol. The maximum Gasteiger partial charge on any atom is 0.166 e. The van der Waals surface area contributed by atoms with Gasteiger partial charge >= 0.3 is 0 Å². The van der Waals surface area contributed by atoms with Gasteiger partial charge in [-0.15, -0.1) is 0 Å². The number of carbonyl (C=O) groups excluding carboxylic acids is 1. The third-order valence-electron chi connectivity index (χ3n) is 3.67. The lowest BCUT2D eigenvalue weighted by molar-refractivity contribution is 0.0875. The summed E-state index contributed by atoms with van der Waals surface area (Å²) < 4.78 is 0. The molecule has 86 valence electrons. The van der Waals surface area contributed by atoms with Crippen molar-refractivity contribution in [3.63, 3.8) is 0 Å². The average Bonchev–Trinajstić information content (AvgIpc) is 2.30. The molecule has 0 radical (unpaired) electrons. The fourth-order valence-electron chi connectivity index (χ4n) is 2.49. The largest absolute Gasteiger partial charge is 0.294 e. The molecule has 0 unspecified atom stereocenters. The van der Waals surface area contributed by atoms with E-state index in [-0.39, 0.29) is 5.92 Å². The number of aromatic nitrogens is 1. The predicted molar refractivity (Wildman–Crippen MR) is 64.4 cm³/mol.